The maximum absolute atomic E-state index is 10.8. The number of nitrogens with two attached hydrogens (primary N) is 1. The summed E-state index contributed by atoms with van der Waals surface area (Å²) in [7, 11) is 0. The number of aromatic nitrogens is 1. The molecule has 11 heavy (non-hydrogen) atoms. The molecule has 3 N–H and O–H groups in total. The molecule has 4 nitrogen and oxygen atoms in total. The van der Waals surface area contributed by atoms with Crippen molar-refractivity contribution in [2.45, 2.75) is 6.92 Å². The number of nitrogens with one attached hydrogen (secondary N) is 1. The quantitative estimate of drug-likeness (QED) is 0.575. The van der Waals surface area contributed by atoms with Crippen molar-refractivity contribution in [2.75, 3.05) is 5.73 Å². The fraction of sp³-hybridized carbons (Fsp3) is 0.143. The molecule has 4 heteroatoms. The minimum absolute atomic E-state index is 0.182. The number of carbonyl (C=O) groups is 1. The molecule has 1 heterocycles. The first kappa shape index (κ1) is 7.35. The van der Waals surface area contributed by atoms with Crippen LogP contribution in [0.25, 0.3) is 0 Å². The lowest BCUT2D eigenvalue weighted by molar-refractivity contribution is 0.101. The predicted octanol–water partition coefficient (Wildman–Crippen LogP) is 0.671. The third-order valence-electron chi connectivity index (χ3n) is 1.37. The van der Waals surface area contributed by atoms with Crippen molar-refractivity contribution in [2.24, 2.45) is 0 Å². The first-order valence-electron chi connectivity index (χ1n) is 3.04. The summed E-state index contributed by atoms with van der Waals surface area (Å²) in [6, 6.07) is 1.85. The van der Waals surface area contributed by atoms with E-state index < -0.39 is 0 Å². The van der Waals surface area contributed by atoms with Crippen LogP contribution in [0.5, 0.6) is 0 Å². The second-order valence-corrected chi connectivity index (χ2v) is 2.16. The Balaban J connectivity index is 3.30. The molecule has 0 spiro atoms. The molecule has 0 aliphatic heterocycles. The van der Waals surface area contributed by atoms with E-state index in [1.165, 1.54) is 13.1 Å². The Morgan fingerprint density at radius 1 is 1.82 bits per heavy atom. The average Bonchev–Trinajstić information content (AvgIpc) is 2.30. The Hall–Kier alpha value is -1.76. The molecule has 0 saturated carbocycles. The van der Waals surface area contributed by atoms with Gasteiger partial charge in [-0.1, -0.05) is 0 Å². The molecule has 1 aromatic heterocycles. The van der Waals surface area contributed by atoms with E-state index in [0.717, 1.165) is 0 Å². The lowest BCUT2D eigenvalue weighted by Crippen LogP contribution is -1.96. The number of rotatable bonds is 1. The minimum atomic E-state index is -0.182. The number of ketones is 1. The minimum Gasteiger partial charge on any atom is -0.396 e. The summed E-state index contributed by atoms with van der Waals surface area (Å²) in [6.07, 6.45) is 1.44. The first-order valence-corrected chi connectivity index (χ1v) is 3.04. The molecule has 0 amide bonds. The zero-order valence-electron chi connectivity index (χ0n) is 6.01. The van der Waals surface area contributed by atoms with E-state index in [0.29, 0.717) is 5.69 Å². The Bertz CT molecular complexity index is 332. The zero-order valence-corrected chi connectivity index (χ0v) is 6.01. The van der Waals surface area contributed by atoms with E-state index in [1.807, 2.05) is 6.07 Å². The number of nitrogen functional groups attached to an aromatic ring is 1. The molecule has 0 unspecified atom stereocenters. The zero-order chi connectivity index (χ0) is 8.43. The largest absolute Gasteiger partial charge is 0.396 e. The molecule has 0 saturated heterocycles. The Morgan fingerprint density at radius 3 is 2.82 bits per heavy atom. The maximum atomic E-state index is 10.8. The van der Waals surface area contributed by atoms with Gasteiger partial charge in [-0.05, 0) is 0 Å². The predicted molar refractivity (Wildman–Crippen MR) is 39.9 cm³/mol. The van der Waals surface area contributed by atoms with E-state index in [9.17, 15) is 4.79 Å². The first-order chi connectivity index (χ1) is 5.16. The van der Waals surface area contributed by atoms with Crippen LogP contribution in [0.15, 0.2) is 6.20 Å². The molecule has 0 atom stereocenters. The Labute approximate surface area is 63.6 Å². The highest BCUT2D eigenvalue weighted by Crippen LogP contribution is 2.14. The van der Waals surface area contributed by atoms with Crippen LogP contribution in [-0.4, -0.2) is 10.8 Å². The van der Waals surface area contributed by atoms with Gasteiger partial charge in [0.05, 0.1) is 5.69 Å². The van der Waals surface area contributed by atoms with Gasteiger partial charge in [0, 0.05) is 13.1 Å². The van der Waals surface area contributed by atoms with Gasteiger partial charge in [-0.3, -0.25) is 4.79 Å². The van der Waals surface area contributed by atoms with Gasteiger partial charge in [0.1, 0.15) is 17.3 Å². The van der Waals surface area contributed by atoms with Crippen molar-refractivity contribution in [1.29, 1.82) is 5.26 Å². The third-order valence-corrected chi connectivity index (χ3v) is 1.37. The van der Waals surface area contributed by atoms with Crippen LogP contribution in [0.4, 0.5) is 5.69 Å². The summed E-state index contributed by atoms with van der Waals surface area (Å²) in [5.74, 6) is -0.182. The van der Waals surface area contributed by atoms with E-state index in [2.05, 4.69) is 4.98 Å². The van der Waals surface area contributed by atoms with Crippen molar-refractivity contribution in [1.82, 2.24) is 4.98 Å². The fourth-order valence-corrected chi connectivity index (χ4v) is 0.837. The van der Waals surface area contributed by atoms with Gasteiger partial charge in [-0.2, -0.15) is 5.26 Å². The van der Waals surface area contributed by atoms with Gasteiger partial charge in [-0.25, -0.2) is 0 Å². The van der Waals surface area contributed by atoms with E-state index in [4.69, 9.17) is 11.0 Å². The second-order valence-electron chi connectivity index (χ2n) is 2.16. The number of anilines is 1. The standard InChI is InChI=1S/C7H7N3O/c1-4(11)7-5(2-8)6(9)3-10-7/h3,10H,9H2,1H3. The highest BCUT2D eigenvalue weighted by Gasteiger charge is 2.11. The van der Waals surface area contributed by atoms with Crippen molar-refractivity contribution >= 4 is 11.5 Å². The van der Waals surface area contributed by atoms with Gasteiger partial charge >= 0.3 is 0 Å². The summed E-state index contributed by atoms with van der Waals surface area (Å²) in [5, 5.41) is 8.53. The van der Waals surface area contributed by atoms with Crippen molar-refractivity contribution in [3.63, 3.8) is 0 Å². The number of nitriles is 1. The number of carbonyl (C=O) groups excluding carboxylic acids is 1. The molecular formula is C7H7N3O. The molecule has 1 aromatic rings. The van der Waals surface area contributed by atoms with Crippen LogP contribution >= 0.6 is 0 Å². The van der Waals surface area contributed by atoms with Crippen LogP contribution in [-0.2, 0) is 0 Å². The summed E-state index contributed by atoms with van der Waals surface area (Å²) in [6.45, 7) is 1.38. The van der Waals surface area contributed by atoms with Crippen LogP contribution in [0, 0.1) is 11.3 Å². The van der Waals surface area contributed by atoms with Crippen molar-refractivity contribution in [3.05, 3.63) is 17.5 Å². The Morgan fingerprint density at radius 2 is 2.45 bits per heavy atom. The number of hydrogen-bond donors (Lipinski definition) is 2. The molecular weight excluding hydrogens is 142 g/mol. The van der Waals surface area contributed by atoms with Gasteiger partial charge in [-0.15, -0.1) is 0 Å². The van der Waals surface area contributed by atoms with E-state index in [-0.39, 0.29) is 17.0 Å². The molecule has 0 aromatic carbocycles. The van der Waals surface area contributed by atoms with Crippen LogP contribution in [0.3, 0.4) is 0 Å². The van der Waals surface area contributed by atoms with E-state index >= 15 is 0 Å². The summed E-state index contributed by atoms with van der Waals surface area (Å²) >= 11 is 0. The number of Topliss-reactive ketones (excluding diaryl/α,β-unsaturated/α-hetero) is 1. The normalized spacial score (nSPS) is 9.09. The molecule has 0 aliphatic carbocycles. The molecule has 0 radical (unpaired) electrons. The highest BCUT2D eigenvalue weighted by atomic mass is 16.1. The van der Waals surface area contributed by atoms with Gasteiger partial charge < -0.3 is 10.7 Å². The number of hydrogen-bond acceptors (Lipinski definition) is 3. The van der Waals surface area contributed by atoms with Crippen molar-refractivity contribution in [3.8, 4) is 6.07 Å². The summed E-state index contributed by atoms with van der Waals surface area (Å²) in [5.41, 5.74) is 6.22. The molecule has 1 rings (SSSR count). The summed E-state index contributed by atoms with van der Waals surface area (Å²) < 4.78 is 0. The topological polar surface area (TPSA) is 82.7 Å². The second kappa shape index (κ2) is 2.46. The SMILES string of the molecule is CC(=O)c1[nH]cc(N)c1C#N. The third kappa shape index (κ3) is 1.08. The average molecular weight is 149 g/mol. The summed E-state index contributed by atoms with van der Waals surface area (Å²) in [4.78, 5) is 13.4. The smallest absolute Gasteiger partial charge is 0.177 e. The number of aromatic amines is 1. The van der Waals surface area contributed by atoms with Crippen LogP contribution in [0.1, 0.15) is 23.0 Å². The van der Waals surface area contributed by atoms with Gasteiger partial charge in [0.25, 0.3) is 0 Å². The number of nitrogens with zero attached hydrogens (tertiary/aromatic N) is 1. The highest BCUT2D eigenvalue weighted by molar-refractivity contribution is 5.96. The van der Waals surface area contributed by atoms with Crippen LogP contribution in [0.2, 0.25) is 0 Å². The molecule has 56 valence electrons. The molecule has 0 aliphatic rings. The fourth-order valence-electron chi connectivity index (χ4n) is 0.837. The van der Waals surface area contributed by atoms with Gasteiger partial charge in [0.2, 0.25) is 0 Å². The monoisotopic (exact) mass is 149 g/mol. The van der Waals surface area contributed by atoms with E-state index in [1.54, 1.807) is 0 Å². The molecule has 0 fully saturated rings. The van der Waals surface area contributed by atoms with Crippen LogP contribution < -0.4 is 5.73 Å². The lowest BCUT2D eigenvalue weighted by Gasteiger charge is -1.88. The lowest BCUT2D eigenvalue weighted by atomic mass is 10.2. The van der Waals surface area contributed by atoms with Gasteiger partial charge in [0.15, 0.2) is 5.78 Å². The Kier molecular flexibility index (Phi) is 1.65. The van der Waals surface area contributed by atoms with Crippen molar-refractivity contribution < 1.29 is 4.79 Å². The number of H-pyrrole nitrogens is 1. The maximum Gasteiger partial charge on any atom is 0.177 e. The molecule has 0 bridgehead atoms.